The summed E-state index contributed by atoms with van der Waals surface area (Å²) < 4.78 is 5.36. The summed E-state index contributed by atoms with van der Waals surface area (Å²) in [6.07, 6.45) is 1.60. The average Bonchev–Trinajstić information content (AvgIpc) is 2.77. The number of benzene rings is 1. The molecule has 2 aliphatic rings. The Morgan fingerprint density at radius 2 is 2.06 bits per heavy atom. The number of aliphatic hydroxyl groups is 1. The highest BCUT2D eigenvalue weighted by Gasteiger charge is 2.46. The summed E-state index contributed by atoms with van der Waals surface area (Å²) >= 11 is 0. The Morgan fingerprint density at radius 3 is 2.83 bits per heavy atom. The maximum Gasteiger partial charge on any atom is 0.410 e. The fourth-order valence-electron chi connectivity index (χ4n) is 2.90. The number of carbonyl (C=O) groups is 1. The third-order valence-corrected chi connectivity index (χ3v) is 3.85. The van der Waals surface area contributed by atoms with E-state index in [1.165, 1.54) is 0 Å². The van der Waals surface area contributed by atoms with Gasteiger partial charge in [0.05, 0.1) is 6.04 Å². The lowest BCUT2D eigenvalue weighted by Gasteiger charge is -2.30. The predicted octanol–water partition coefficient (Wildman–Crippen LogP) is 2.09. The molecule has 0 saturated carbocycles. The zero-order valence-electron chi connectivity index (χ0n) is 10.2. The molecule has 3 unspecified atom stereocenters. The lowest BCUT2D eigenvalue weighted by Crippen LogP contribution is -2.42. The van der Waals surface area contributed by atoms with Crippen molar-refractivity contribution in [1.82, 2.24) is 4.90 Å². The van der Waals surface area contributed by atoms with Crippen molar-refractivity contribution >= 4 is 6.09 Å². The van der Waals surface area contributed by atoms with E-state index in [1.807, 2.05) is 30.3 Å². The Bertz CT molecular complexity index is 434. The van der Waals surface area contributed by atoms with E-state index in [9.17, 15) is 9.90 Å². The summed E-state index contributed by atoms with van der Waals surface area (Å²) in [5, 5.41) is 10.4. The van der Waals surface area contributed by atoms with Gasteiger partial charge in [-0.15, -0.1) is 0 Å². The van der Waals surface area contributed by atoms with Crippen molar-refractivity contribution in [1.29, 1.82) is 0 Å². The van der Waals surface area contributed by atoms with Gasteiger partial charge in [0, 0.05) is 6.54 Å². The van der Waals surface area contributed by atoms with Crippen molar-refractivity contribution in [3.05, 3.63) is 35.9 Å². The Kier molecular flexibility index (Phi) is 2.96. The number of carbonyl (C=O) groups excluding carboxylic acids is 1. The summed E-state index contributed by atoms with van der Waals surface area (Å²) in [6.45, 7) is 0.751. The molecule has 3 rings (SSSR count). The van der Waals surface area contributed by atoms with E-state index in [0.717, 1.165) is 31.4 Å². The second-order valence-corrected chi connectivity index (χ2v) is 4.96. The first-order valence-electron chi connectivity index (χ1n) is 6.47. The van der Waals surface area contributed by atoms with Gasteiger partial charge in [-0.05, 0) is 24.8 Å². The van der Waals surface area contributed by atoms with E-state index in [1.54, 1.807) is 4.90 Å². The molecule has 0 aliphatic carbocycles. The molecule has 3 atom stereocenters. The normalized spacial score (nSPS) is 28.7. The van der Waals surface area contributed by atoms with E-state index in [2.05, 4.69) is 0 Å². The van der Waals surface area contributed by atoms with E-state index in [4.69, 9.17) is 4.74 Å². The SMILES string of the molecule is O=C1OC(C(O)c2ccccc2)C2CCCCN12. The highest BCUT2D eigenvalue weighted by Crippen LogP contribution is 2.34. The van der Waals surface area contributed by atoms with Gasteiger partial charge in [0.2, 0.25) is 0 Å². The Balaban J connectivity index is 1.82. The minimum atomic E-state index is -0.733. The first kappa shape index (κ1) is 11.5. The minimum absolute atomic E-state index is 0.0291. The molecule has 1 aromatic rings. The number of hydrogen-bond acceptors (Lipinski definition) is 3. The highest BCUT2D eigenvalue weighted by molar-refractivity contribution is 5.71. The Morgan fingerprint density at radius 1 is 1.28 bits per heavy atom. The largest absolute Gasteiger partial charge is 0.441 e. The van der Waals surface area contributed by atoms with Gasteiger partial charge in [-0.2, -0.15) is 0 Å². The summed E-state index contributed by atoms with van der Waals surface area (Å²) in [5.74, 6) is 0. The molecular weight excluding hydrogens is 230 g/mol. The van der Waals surface area contributed by atoms with Crippen LogP contribution in [0.2, 0.25) is 0 Å². The van der Waals surface area contributed by atoms with Crippen LogP contribution in [0.5, 0.6) is 0 Å². The third kappa shape index (κ3) is 1.86. The van der Waals surface area contributed by atoms with Crippen molar-refractivity contribution in [2.24, 2.45) is 0 Å². The number of piperidine rings is 1. The Hall–Kier alpha value is -1.55. The molecule has 0 bridgehead atoms. The fourth-order valence-corrected chi connectivity index (χ4v) is 2.90. The van der Waals surface area contributed by atoms with Crippen LogP contribution in [-0.2, 0) is 4.74 Å². The van der Waals surface area contributed by atoms with Crippen molar-refractivity contribution < 1.29 is 14.6 Å². The maximum absolute atomic E-state index is 11.7. The second-order valence-electron chi connectivity index (χ2n) is 4.96. The molecule has 0 aromatic heterocycles. The van der Waals surface area contributed by atoms with Crippen molar-refractivity contribution in [3.63, 3.8) is 0 Å². The topological polar surface area (TPSA) is 49.8 Å². The van der Waals surface area contributed by atoms with Gasteiger partial charge in [-0.25, -0.2) is 4.79 Å². The number of amides is 1. The molecule has 2 saturated heterocycles. The molecular formula is C14H17NO3. The molecule has 2 aliphatic heterocycles. The van der Waals surface area contributed by atoms with Gasteiger partial charge in [0.1, 0.15) is 6.10 Å². The van der Waals surface area contributed by atoms with Crippen LogP contribution in [0.4, 0.5) is 4.79 Å². The van der Waals surface area contributed by atoms with Crippen LogP contribution in [0.1, 0.15) is 30.9 Å². The zero-order valence-corrected chi connectivity index (χ0v) is 10.2. The monoisotopic (exact) mass is 247 g/mol. The van der Waals surface area contributed by atoms with Gasteiger partial charge in [-0.3, -0.25) is 0 Å². The van der Waals surface area contributed by atoms with E-state index in [-0.39, 0.29) is 12.1 Å². The molecule has 18 heavy (non-hydrogen) atoms. The lowest BCUT2D eigenvalue weighted by atomic mass is 9.93. The number of fused-ring (bicyclic) bond motifs is 1. The van der Waals surface area contributed by atoms with Gasteiger partial charge in [-0.1, -0.05) is 30.3 Å². The zero-order chi connectivity index (χ0) is 12.5. The molecule has 0 radical (unpaired) electrons. The Labute approximate surface area is 106 Å². The van der Waals surface area contributed by atoms with Crippen LogP contribution in [0.25, 0.3) is 0 Å². The smallest absolute Gasteiger partial charge is 0.410 e. The van der Waals surface area contributed by atoms with Crippen LogP contribution < -0.4 is 0 Å². The number of aliphatic hydroxyl groups excluding tert-OH is 1. The van der Waals surface area contributed by atoms with Crippen molar-refractivity contribution in [3.8, 4) is 0 Å². The van der Waals surface area contributed by atoms with Crippen molar-refractivity contribution in [2.45, 2.75) is 37.5 Å². The summed E-state index contributed by atoms with van der Waals surface area (Å²) in [4.78, 5) is 13.5. The molecule has 96 valence electrons. The fraction of sp³-hybridized carbons (Fsp3) is 0.500. The quantitative estimate of drug-likeness (QED) is 0.870. The second kappa shape index (κ2) is 4.61. The number of rotatable bonds is 2. The van der Waals surface area contributed by atoms with Crippen LogP contribution in [-0.4, -0.2) is 34.8 Å². The van der Waals surface area contributed by atoms with E-state index >= 15 is 0 Å². The van der Waals surface area contributed by atoms with Crippen LogP contribution in [0, 0.1) is 0 Å². The lowest BCUT2D eigenvalue weighted by molar-refractivity contribution is 0.0126. The van der Waals surface area contributed by atoms with E-state index in [0.29, 0.717) is 0 Å². The standard InChI is InChI=1S/C14H17NO3/c16-12(10-6-2-1-3-7-10)13-11-8-4-5-9-15(11)14(17)18-13/h1-3,6-7,11-13,16H,4-5,8-9H2. The first-order valence-corrected chi connectivity index (χ1v) is 6.47. The number of ether oxygens (including phenoxy) is 1. The molecule has 1 aromatic carbocycles. The summed E-state index contributed by atoms with van der Waals surface area (Å²) in [7, 11) is 0. The number of hydrogen-bond donors (Lipinski definition) is 1. The third-order valence-electron chi connectivity index (χ3n) is 3.85. The van der Waals surface area contributed by atoms with Crippen LogP contribution >= 0.6 is 0 Å². The summed E-state index contributed by atoms with van der Waals surface area (Å²) in [5.41, 5.74) is 0.808. The minimum Gasteiger partial charge on any atom is -0.441 e. The highest BCUT2D eigenvalue weighted by atomic mass is 16.6. The number of nitrogens with zero attached hydrogens (tertiary/aromatic N) is 1. The molecule has 2 fully saturated rings. The molecule has 1 N–H and O–H groups in total. The molecule has 1 amide bonds. The average molecular weight is 247 g/mol. The number of cyclic esters (lactones) is 1. The first-order chi connectivity index (χ1) is 8.77. The molecule has 4 nitrogen and oxygen atoms in total. The maximum atomic E-state index is 11.7. The molecule has 0 spiro atoms. The molecule has 2 heterocycles. The van der Waals surface area contributed by atoms with Crippen molar-refractivity contribution in [2.75, 3.05) is 6.54 Å². The molecule has 4 heteroatoms. The summed E-state index contributed by atoms with van der Waals surface area (Å²) in [6, 6.07) is 9.43. The van der Waals surface area contributed by atoms with Gasteiger partial charge < -0.3 is 14.7 Å². The van der Waals surface area contributed by atoms with Gasteiger partial charge in [0.25, 0.3) is 0 Å². The van der Waals surface area contributed by atoms with Crippen LogP contribution in [0.15, 0.2) is 30.3 Å². The van der Waals surface area contributed by atoms with Gasteiger partial charge >= 0.3 is 6.09 Å². The van der Waals surface area contributed by atoms with Gasteiger partial charge in [0.15, 0.2) is 6.10 Å². The van der Waals surface area contributed by atoms with E-state index < -0.39 is 12.2 Å². The predicted molar refractivity (Wildman–Crippen MR) is 66.0 cm³/mol. The van der Waals surface area contributed by atoms with Crippen LogP contribution in [0.3, 0.4) is 0 Å².